The smallest absolute Gasteiger partial charge is 0.459 e. The first kappa shape index (κ1) is 18.9. The number of alkyl halides is 5. The van der Waals surface area contributed by atoms with Crippen LogP contribution in [0.4, 0.5) is 26.3 Å². The minimum Gasteiger partial charge on any atom is -0.506 e. The summed E-state index contributed by atoms with van der Waals surface area (Å²) < 4.78 is 82.8. The van der Waals surface area contributed by atoms with Crippen LogP contribution in [0.3, 0.4) is 0 Å². The van der Waals surface area contributed by atoms with Crippen LogP contribution < -0.4 is 10.3 Å². The van der Waals surface area contributed by atoms with E-state index < -0.39 is 51.6 Å². The zero-order valence-corrected chi connectivity index (χ0v) is 12.8. The highest BCUT2D eigenvalue weighted by Gasteiger charge is 2.60. The molecule has 0 bridgehead atoms. The zero-order chi connectivity index (χ0) is 19.2. The molecule has 0 saturated heterocycles. The highest BCUT2D eigenvalue weighted by molar-refractivity contribution is 6.32. The average Bonchev–Trinajstić information content (AvgIpc) is 2.49. The molecule has 12 heteroatoms. The second-order valence-corrected chi connectivity index (χ2v) is 5.04. The number of aromatic nitrogens is 2. The Morgan fingerprint density at radius 1 is 1.20 bits per heavy atom. The predicted octanol–water partition coefficient (Wildman–Crippen LogP) is 3.39. The zero-order valence-electron chi connectivity index (χ0n) is 12.0. The molecule has 1 N–H and O–H groups in total. The number of hydrogen-bond acceptors (Lipinski definition) is 4. The van der Waals surface area contributed by atoms with E-state index in [9.17, 15) is 36.2 Å². The number of halogens is 7. The van der Waals surface area contributed by atoms with Crippen LogP contribution in [-0.2, 0) is 5.92 Å². The number of phenolic OH excluding ortho intramolecular Hbond substituents is 1. The van der Waals surface area contributed by atoms with E-state index in [2.05, 4.69) is 9.72 Å². The van der Waals surface area contributed by atoms with Gasteiger partial charge in [0.25, 0.3) is 5.56 Å². The average molecular weight is 389 g/mol. The molecule has 0 spiro atoms. The van der Waals surface area contributed by atoms with E-state index in [1.807, 2.05) is 0 Å². The molecule has 0 fully saturated rings. The van der Waals surface area contributed by atoms with Gasteiger partial charge in [-0.15, -0.1) is 0 Å². The van der Waals surface area contributed by atoms with Crippen LogP contribution in [-0.4, -0.2) is 27.9 Å². The van der Waals surface area contributed by atoms with E-state index in [1.165, 1.54) is 0 Å². The summed E-state index contributed by atoms with van der Waals surface area (Å²) >= 11 is 5.47. The van der Waals surface area contributed by atoms with Gasteiger partial charge in [-0.25, -0.2) is 8.96 Å². The number of aromatic hydroxyl groups is 1. The number of hydrogen-bond donors (Lipinski definition) is 1. The fraction of sp³-hybridized carbons (Fsp3) is 0.231. The quantitative estimate of drug-likeness (QED) is 0.819. The van der Waals surface area contributed by atoms with E-state index in [4.69, 9.17) is 11.6 Å². The summed E-state index contributed by atoms with van der Waals surface area (Å²) in [6.07, 6.45) is -6.01. The summed E-state index contributed by atoms with van der Waals surface area (Å²) in [5, 5.41) is 9.07. The number of phenols is 1. The summed E-state index contributed by atoms with van der Waals surface area (Å²) in [6, 6.07) is 0.106. The molecule has 5 nitrogen and oxygen atoms in total. The Morgan fingerprint density at radius 3 is 2.32 bits per heavy atom. The second-order valence-electron chi connectivity index (χ2n) is 4.63. The standard InChI is InChI=1S/C13H7ClF6N2O3/c1-25-11-21-9(12(16,17)13(18,19)20)4-10(24)22(11)7-3-8(23)5(14)2-6(7)15/h2-4,23H,1H3. The van der Waals surface area contributed by atoms with Crippen molar-refractivity contribution < 1.29 is 36.2 Å². The lowest BCUT2D eigenvalue weighted by Crippen LogP contribution is -2.36. The van der Waals surface area contributed by atoms with E-state index in [0.29, 0.717) is 12.1 Å². The Bertz CT molecular complexity index is 881. The maximum Gasteiger partial charge on any atom is 0.459 e. The van der Waals surface area contributed by atoms with Crippen molar-refractivity contribution >= 4 is 11.6 Å². The molecule has 0 saturated carbocycles. The van der Waals surface area contributed by atoms with E-state index in [1.54, 1.807) is 0 Å². The molecule has 2 aromatic rings. The molecule has 1 aromatic carbocycles. The summed E-state index contributed by atoms with van der Waals surface area (Å²) in [5.41, 5.74) is -4.12. The van der Waals surface area contributed by atoms with Crippen LogP contribution in [0.5, 0.6) is 11.8 Å². The largest absolute Gasteiger partial charge is 0.506 e. The van der Waals surface area contributed by atoms with Crippen molar-refractivity contribution in [2.75, 3.05) is 7.11 Å². The van der Waals surface area contributed by atoms with Gasteiger partial charge in [0.1, 0.15) is 17.3 Å². The van der Waals surface area contributed by atoms with Crippen molar-refractivity contribution in [1.29, 1.82) is 0 Å². The van der Waals surface area contributed by atoms with Gasteiger partial charge in [0.2, 0.25) is 0 Å². The van der Waals surface area contributed by atoms with E-state index >= 15 is 0 Å². The van der Waals surface area contributed by atoms with Gasteiger partial charge in [0.15, 0.2) is 0 Å². The van der Waals surface area contributed by atoms with Crippen LogP contribution in [0.1, 0.15) is 5.69 Å². The van der Waals surface area contributed by atoms with Crippen LogP contribution in [0.2, 0.25) is 5.02 Å². The fourth-order valence-electron chi connectivity index (χ4n) is 1.82. The Hall–Kier alpha value is -2.43. The summed E-state index contributed by atoms with van der Waals surface area (Å²) in [5.74, 6) is -7.28. The summed E-state index contributed by atoms with van der Waals surface area (Å²) in [7, 11) is 0.821. The van der Waals surface area contributed by atoms with Gasteiger partial charge in [-0.2, -0.15) is 26.9 Å². The van der Waals surface area contributed by atoms with E-state index in [0.717, 1.165) is 7.11 Å². The molecule has 1 aromatic heterocycles. The van der Waals surface area contributed by atoms with Crippen LogP contribution in [0.25, 0.3) is 5.69 Å². The van der Waals surface area contributed by atoms with Gasteiger partial charge in [0, 0.05) is 12.1 Å². The normalized spacial score (nSPS) is 12.3. The SMILES string of the molecule is COc1nc(C(F)(F)C(F)(F)F)cc(=O)n1-c1cc(O)c(Cl)cc1F. The van der Waals surface area contributed by atoms with Crippen molar-refractivity contribution in [2.45, 2.75) is 12.1 Å². The molecule has 0 aliphatic carbocycles. The van der Waals surface area contributed by atoms with Gasteiger partial charge < -0.3 is 9.84 Å². The van der Waals surface area contributed by atoms with Crippen LogP contribution >= 0.6 is 11.6 Å². The number of rotatable bonds is 3. The minimum absolute atomic E-state index is 0.110. The monoisotopic (exact) mass is 388 g/mol. The molecule has 1 heterocycles. The van der Waals surface area contributed by atoms with Crippen LogP contribution in [0.15, 0.2) is 23.0 Å². The highest BCUT2D eigenvalue weighted by atomic mass is 35.5. The molecule has 0 amide bonds. The lowest BCUT2D eigenvalue weighted by atomic mass is 10.2. The minimum atomic E-state index is -6.01. The number of nitrogens with zero attached hydrogens (tertiary/aromatic N) is 2. The second kappa shape index (κ2) is 6.14. The molecule has 0 aliphatic rings. The topological polar surface area (TPSA) is 64.3 Å². The van der Waals surface area contributed by atoms with Gasteiger partial charge in [0.05, 0.1) is 17.8 Å². The summed E-state index contributed by atoms with van der Waals surface area (Å²) in [4.78, 5) is 15.0. The first-order valence-corrected chi connectivity index (χ1v) is 6.59. The van der Waals surface area contributed by atoms with E-state index in [-0.39, 0.29) is 10.6 Å². The molecule has 136 valence electrons. The van der Waals surface area contributed by atoms with Gasteiger partial charge >= 0.3 is 18.1 Å². The van der Waals surface area contributed by atoms with Crippen LogP contribution in [0, 0.1) is 5.82 Å². The fourth-order valence-corrected chi connectivity index (χ4v) is 1.97. The maximum atomic E-state index is 14.0. The Kier molecular flexibility index (Phi) is 4.64. The first-order chi connectivity index (χ1) is 11.4. The molecule has 2 rings (SSSR count). The molecular formula is C13H7ClF6N2O3. The molecule has 0 atom stereocenters. The van der Waals surface area contributed by atoms with Gasteiger partial charge in [-0.1, -0.05) is 11.6 Å². The Morgan fingerprint density at radius 2 is 1.80 bits per heavy atom. The predicted molar refractivity (Wildman–Crippen MR) is 73.0 cm³/mol. The lowest BCUT2D eigenvalue weighted by molar-refractivity contribution is -0.291. The third-order valence-corrected chi connectivity index (χ3v) is 3.31. The third kappa shape index (κ3) is 3.23. The maximum absolute atomic E-state index is 14.0. The van der Waals surface area contributed by atoms with Crippen molar-refractivity contribution in [2.24, 2.45) is 0 Å². The molecular weight excluding hydrogens is 382 g/mol. The van der Waals surface area contributed by atoms with Crippen molar-refractivity contribution in [1.82, 2.24) is 9.55 Å². The number of benzene rings is 1. The van der Waals surface area contributed by atoms with Gasteiger partial charge in [-0.05, 0) is 6.07 Å². The first-order valence-electron chi connectivity index (χ1n) is 6.21. The number of methoxy groups -OCH3 is 1. The third-order valence-electron chi connectivity index (χ3n) is 3.01. The molecule has 25 heavy (non-hydrogen) atoms. The van der Waals surface area contributed by atoms with Crippen molar-refractivity contribution in [3.63, 3.8) is 0 Å². The molecule has 0 radical (unpaired) electrons. The van der Waals surface area contributed by atoms with Crippen molar-refractivity contribution in [3.8, 4) is 17.4 Å². The Labute approximate surface area is 140 Å². The highest BCUT2D eigenvalue weighted by Crippen LogP contribution is 2.43. The molecule has 0 unspecified atom stereocenters. The van der Waals surface area contributed by atoms with Gasteiger partial charge in [-0.3, -0.25) is 4.79 Å². The number of ether oxygens (including phenoxy) is 1. The lowest BCUT2D eigenvalue weighted by Gasteiger charge is -2.20. The Balaban J connectivity index is 2.76. The summed E-state index contributed by atoms with van der Waals surface area (Å²) in [6.45, 7) is 0. The van der Waals surface area contributed by atoms with Crippen molar-refractivity contribution in [3.05, 3.63) is 45.1 Å². The molecule has 0 aliphatic heterocycles.